The van der Waals surface area contributed by atoms with E-state index in [4.69, 9.17) is 0 Å². The summed E-state index contributed by atoms with van der Waals surface area (Å²) in [4.78, 5) is 11.2. The van der Waals surface area contributed by atoms with E-state index in [0.29, 0.717) is 6.42 Å². The summed E-state index contributed by atoms with van der Waals surface area (Å²) >= 11 is 0. The molecule has 0 aromatic heterocycles. The molecule has 0 heterocycles. The van der Waals surface area contributed by atoms with E-state index >= 15 is 0 Å². The van der Waals surface area contributed by atoms with Gasteiger partial charge in [0.1, 0.15) is 0 Å². The number of carbonyl (C=O) groups is 1. The minimum Gasteiger partial charge on any atom is -0.481 e. The van der Waals surface area contributed by atoms with Gasteiger partial charge in [0.05, 0.1) is 5.92 Å². The molecular formula is C14H18O2. The minimum atomic E-state index is -0.751. The molecule has 0 fully saturated rings. The highest BCUT2D eigenvalue weighted by Crippen LogP contribution is 2.33. The van der Waals surface area contributed by atoms with Crippen LogP contribution in [-0.2, 0) is 4.79 Å². The number of benzene rings is 1. The van der Waals surface area contributed by atoms with E-state index in [9.17, 15) is 9.90 Å². The van der Waals surface area contributed by atoms with Crippen molar-refractivity contribution in [3.8, 4) is 0 Å². The molecule has 0 aliphatic carbocycles. The summed E-state index contributed by atoms with van der Waals surface area (Å²) in [5.74, 6) is -1.23. The molecule has 0 aliphatic heterocycles. The normalized spacial score (nSPS) is 14.1. The van der Waals surface area contributed by atoms with E-state index in [1.807, 2.05) is 44.2 Å². The zero-order chi connectivity index (χ0) is 12.1. The molecule has 0 aliphatic rings. The van der Waals surface area contributed by atoms with Crippen LogP contribution in [0.3, 0.4) is 0 Å². The Morgan fingerprint density at radius 2 is 1.94 bits per heavy atom. The van der Waals surface area contributed by atoms with Crippen molar-refractivity contribution in [3.05, 3.63) is 48.0 Å². The zero-order valence-corrected chi connectivity index (χ0v) is 9.81. The summed E-state index contributed by atoms with van der Waals surface area (Å²) in [5, 5.41) is 9.21. The molecular weight excluding hydrogens is 200 g/mol. The van der Waals surface area contributed by atoms with Gasteiger partial charge in [-0.3, -0.25) is 4.79 Å². The molecule has 2 atom stereocenters. The second kappa shape index (κ2) is 5.50. The van der Waals surface area contributed by atoms with E-state index in [0.717, 1.165) is 11.1 Å². The molecule has 0 saturated heterocycles. The Hall–Kier alpha value is -1.57. The first-order valence-corrected chi connectivity index (χ1v) is 5.51. The van der Waals surface area contributed by atoms with Gasteiger partial charge in [0.15, 0.2) is 0 Å². The summed E-state index contributed by atoms with van der Waals surface area (Å²) < 4.78 is 0. The average Bonchev–Trinajstić information content (AvgIpc) is 2.25. The molecule has 0 radical (unpaired) electrons. The first-order chi connectivity index (χ1) is 7.57. The molecule has 0 unspecified atom stereocenters. The first kappa shape index (κ1) is 12.5. The maximum atomic E-state index is 11.2. The third-order valence-electron chi connectivity index (χ3n) is 2.85. The summed E-state index contributed by atoms with van der Waals surface area (Å²) in [5.41, 5.74) is 1.93. The fourth-order valence-electron chi connectivity index (χ4n) is 2.07. The Labute approximate surface area is 96.6 Å². The van der Waals surface area contributed by atoms with E-state index in [2.05, 4.69) is 6.58 Å². The maximum Gasteiger partial charge on any atom is 0.307 e. The molecule has 0 spiro atoms. The van der Waals surface area contributed by atoms with Crippen LogP contribution in [0.2, 0.25) is 0 Å². The van der Waals surface area contributed by atoms with Crippen molar-refractivity contribution in [2.45, 2.75) is 26.2 Å². The smallest absolute Gasteiger partial charge is 0.307 e. The largest absolute Gasteiger partial charge is 0.481 e. The zero-order valence-electron chi connectivity index (χ0n) is 9.81. The van der Waals surface area contributed by atoms with Crippen LogP contribution in [0, 0.1) is 5.92 Å². The second-order valence-electron chi connectivity index (χ2n) is 4.09. The van der Waals surface area contributed by atoms with Gasteiger partial charge in [0, 0.05) is 5.92 Å². The van der Waals surface area contributed by atoms with Crippen molar-refractivity contribution in [2.24, 2.45) is 5.92 Å². The summed E-state index contributed by atoms with van der Waals surface area (Å²) in [7, 11) is 0. The van der Waals surface area contributed by atoms with Crippen molar-refractivity contribution < 1.29 is 9.90 Å². The van der Waals surface area contributed by atoms with Crippen LogP contribution in [0.5, 0.6) is 0 Å². The van der Waals surface area contributed by atoms with Crippen molar-refractivity contribution in [1.82, 2.24) is 0 Å². The minimum absolute atomic E-state index is 0.0938. The number of carboxylic acid groups (broad SMARTS) is 1. The van der Waals surface area contributed by atoms with Crippen LogP contribution in [0.15, 0.2) is 42.5 Å². The Kier molecular flexibility index (Phi) is 4.29. The van der Waals surface area contributed by atoms with E-state index < -0.39 is 5.97 Å². The molecule has 86 valence electrons. The molecule has 1 aromatic rings. The average molecular weight is 218 g/mol. The van der Waals surface area contributed by atoms with Crippen LogP contribution in [0.4, 0.5) is 0 Å². The van der Waals surface area contributed by atoms with Crippen molar-refractivity contribution in [2.75, 3.05) is 0 Å². The molecule has 0 saturated carbocycles. The van der Waals surface area contributed by atoms with Gasteiger partial charge in [-0.25, -0.2) is 0 Å². The maximum absolute atomic E-state index is 11.2. The SMILES string of the molecule is C=C(C)[C@H](c1ccccc1)[C@H](CC)C(=O)O. The highest BCUT2D eigenvalue weighted by atomic mass is 16.4. The molecule has 0 amide bonds. The molecule has 2 heteroatoms. The quantitative estimate of drug-likeness (QED) is 0.768. The summed E-state index contributed by atoms with van der Waals surface area (Å²) in [6.45, 7) is 7.71. The summed E-state index contributed by atoms with van der Waals surface area (Å²) in [6.07, 6.45) is 0.613. The number of carboxylic acids is 1. The van der Waals surface area contributed by atoms with Crippen molar-refractivity contribution >= 4 is 5.97 Å². The lowest BCUT2D eigenvalue weighted by Gasteiger charge is -2.23. The Morgan fingerprint density at radius 1 is 1.38 bits per heavy atom. The number of hydrogen-bond acceptors (Lipinski definition) is 1. The fourth-order valence-corrected chi connectivity index (χ4v) is 2.07. The van der Waals surface area contributed by atoms with Gasteiger partial charge in [0.25, 0.3) is 0 Å². The Bertz CT molecular complexity index is 368. The lowest BCUT2D eigenvalue weighted by molar-refractivity contribution is -0.142. The molecule has 2 nitrogen and oxygen atoms in total. The predicted octanol–water partition coefficient (Wildman–Crippen LogP) is 3.46. The summed E-state index contributed by atoms with van der Waals surface area (Å²) in [6, 6.07) is 9.72. The molecule has 0 bridgehead atoms. The van der Waals surface area contributed by atoms with Crippen LogP contribution >= 0.6 is 0 Å². The van der Waals surface area contributed by atoms with Crippen LogP contribution in [0.1, 0.15) is 31.7 Å². The van der Waals surface area contributed by atoms with Gasteiger partial charge in [-0.05, 0) is 18.9 Å². The third kappa shape index (κ3) is 2.72. The van der Waals surface area contributed by atoms with E-state index in [1.165, 1.54) is 0 Å². The number of aliphatic carboxylic acids is 1. The van der Waals surface area contributed by atoms with Crippen molar-refractivity contribution in [3.63, 3.8) is 0 Å². The second-order valence-corrected chi connectivity index (χ2v) is 4.09. The standard InChI is InChI=1S/C14H18O2/c1-4-12(14(15)16)13(10(2)3)11-8-6-5-7-9-11/h5-9,12-13H,2,4H2,1,3H3,(H,15,16)/t12-,13+/m0/s1. The molecule has 16 heavy (non-hydrogen) atoms. The van der Waals surface area contributed by atoms with Crippen molar-refractivity contribution in [1.29, 1.82) is 0 Å². The van der Waals surface area contributed by atoms with E-state index in [1.54, 1.807) is 0 Å². The third-order valence-corrected chi connectivity index (χ3v) is 2.85. The Balaban J connectivity index is 3.09. The lowest BCUT2D eigenvalue weighted by atomic mass is 9.80. The first-order valence-electron chi connectivity index (χ1n) is 5.51. The van der Waals surface area contributed by atoms with Gasteiger partial charge in [0.2, 0.25) is 0 Å². The number of hydrogen-bond donors (Lipinski definition) is 1. The van der Waals surface area contributed by atoms with Gasteiger partial charge in [-0.15, -0.1) is 0 Å². The van der Waals surface area contributed by atoms with Crippen LogP contribution < -0.4 is 0 Å². The topological polar surface area (TPSA) is 37.3 Å². The highest BCUT2D eigenvalue weighted by Gasteiger charge is 2.28. The van der Waals surface area contributed by atoms with Crippen LogP contribution in [0.25, 0.3) is 0 Å². The fraction of sp³-hybridized carbons (Fsp3) is 0.357. The van der Waals surface area contributed by atoms with Crippen LogP contribution in [-0.4, -0.2) is 11.1 Å². The molecule has 1 N–H and O–H groups in total. The molecule has 1 aromatic carbocycles. The number of allylic oxidation sites excluding steroid dienone is 1. The molecule has 1 rings (SSSR count). The van der Waals surface area contributed by atoms with Gasteiger partial charge in [-0.2, -0.15) is 0 Å². The number of rotatable bonds is 5. The monoisotopic (exact) mass is 218 g/mol. The predicted molar refractivity (Wildman–Crippen MR) is 65.4 cm³/mol. The van der Waals surface area contributed by atoms with E-state index in [-0.39, 0.29) is 11.8 Å². The van der Waals surface area contributed by atoms with Gasteiger partial charge in [-0.1, -0.05) is 49.4 Å². The van der Waals surface area contributed by atoms with Gasteiger partial charge < -0.3 is 5.11 Å². The highest BCUT2D eigenvalue weighted by molar-refractivity contribution is 5.72. The Morgan fingerprint density at radius 3 is 2.31 bits per heavy atom. The van der Waals surface area contributed by atoms with Gasteiger partial charge >= 0.3 is 5.97 Å². The lowest BCUT2D eigenvalue weighted by Crippen LogP contribution is -2.22.